The Balaban J connectivity index is 1.80. The number of benzene rings is 1. The molecule has 0 aliphatic carbocycles. The van der Waals surface area contributed by atoms with Gasteiger partial charge in [0.1, 0.15) is 0 Å². The quantitative estimate of drug-likeness (QED) is 0.749. The molecule has 3 nitrogen and oxygen atoms in total. The third kappa shape index (κ3) is 2.64. The highest BCUT2D eigenvalue weighted by Crippen LogP contribution is 2.18. The summed E-state index contributed by atoms with van der Waals surface area (Å²) < 4.78 is 0. The standard InChI is InChI=1S/C12H13NO2S/c14-11-6-7-12(15)13(11)9-16-8-10-4-2-1-3-5-10/h1-5H,6-9H2. The van der Waals surface area contributed by atoms with Crippen molar-refractivity contribution >= 4 is 23.6 Å². The average molecular weight is 235 g/mol. The Hall–Kier alpha value is -1.29. The summed E-state index contributed by atoms with van der Waals surface area (Å²) in [5.74, 6) is 1.24. The summed E-state index contributed by atoms with van der Waals surface area (Å²) in [4.78, 5) is 24.0. The highest BCUT2D eigenvalue weighted by molar-refractivity contribution is 7.98. The van der Waals surface area contributed by atoms with Crippen molar-refractivity contribution in [2.75, 3.05) is 5.88 Å². The number of carbonyl (C=O) groups excluding carboxylic acids is 2. The van der Waals surface area contributed by atoms with Crippen molar-refractivity contribution in [1.82, 2.24) is 4.90 Å². The molecule has 1 aliphatic heterocycles. The molecule has 2 rings (SSSR count). The first-order chi connectivity index (χ1) is 7.77. The van der Waals surface area contributed by atoms with E-state index in [2.05, 4.69) is 0 Å². The predicted octanol–water partition coefficient (Wildman–Crippen LogP) is 2.03. The molecule has 4 heteroatoms. The van der Waals surface area contributed by atoms with Crippen LogP contribution in [-0.4, -0.2) is 22.6 Å². The SMILES string of the molecule is O=C1CCC(=O)N1CSCc1ccccc1. The summed E-state index contributed by atoms with van der Waals surface area (Å²) in [6, 6.07) is 10.0. The number of hydrogen-bond donors (Lipinski definition) is 0. The molecule has 2 amide bonds. The highest BCUT2D eigenvalue weighted by atomic mass is 32.2. The van der Waals surface area contributed by atoms with E-state index in [9.17, 15) is 9.59 Å². The molecule has 0 N–H and O–H groups in total. The Morgan fingerprint density at radius 3 is 2.31 bits per heavy atom. The Bertz CT molecular complexity index is 375. The topological polar surface area (TPSA) is 37.4 Å². The zero-order valence-electron chi connectivity index (χ0n) is 8.89. The van der Waals surface area contributed by atoms with E-state index < -0.39 is 0 Å². The van der Waals surface area contributed by atoms with E-state index in [-0.39, 0.29) is 11.8 Å². The number of nitrogens with zero attached hydrogens (tertiary/aromatic N) is 1. The number of imide groups is 1. The van der Waals surface area contributed by atoms with Crippen molar-refractivity contribution in [3.8, 4) is 0 Å². The maximum Gasteiger partial charge on any atom is 0.230 e. The van der Waals surface area contributed by atoms with Crippen LogP contribution in [0.5, 0.6) is 0 Å². The van der Waals surface area contributed by atoms with E-state index in [4.69, 9.17) is 0 Å². The molecule has 1 saturated heterocycles. The van der Waals surface area contributed by atoms with Gasteiger partial charge >= 0.3 is 0 Å². The number of likely N-dealkylation sites (tertiary alicyclic amines) is 1. The molecule has 0 aromatic heterocycles. The summed E-state index contributed by atoms with van der Waals surface area (Å²) in [6.45, 7) is 0. The summed E-state index contributed by atoms with van der Waals surface area (Å²) in [5.41, 5.74) is 1.21. The first-order valence-electron chi connectivity index (χ1n) is 5.22. The van der Waals surface area contributed by atoms with E-state index in [1.807, 2.05) is 30.3 Å². The number of rotatable bonds is 4. The zero-order chi connectivity index (χ0) is 11.4. The first kappa shape index (κ1) is 11.2. The smallest absolute Gasteiger partial charge is 0.230 e. The van der Waals surface area contributed by atoms with Crippen molar-refractivity contribution in [1.29, 1.82) is 0 Å². The van der Waals surface area contributed by atoms with Crippen LogP contribution in [0.15, 0.2) is 30.3 Å². The maximum atomic E-state index is 11.3. The second-order valence-electron chi connectivity index (χ2n) is 3.68. The molecular weight excluding hydrogens is 222 g/mol. The lowest BCUT2D eigenvalue weighted by Crippen LogP contribution is -2.28. The molecule has 0 atom stereocenters. The summed E-state index contributed by atoms with van der Waals surface area (Å²) in [6.07, 6.45) is 0.759. The first-order valence-corrected chi connectivity index (χ1v) is 6.38. The third-order valence-electron chi connectivity index (χ3n) is 2.49. The van der Waals surface area contributed by atoms with Gasteiger partial charge in [-0.3, -0.25) is 14.5 Å². The molecule has 1 aromatic carbocycles. The summed E-state index contributed by atoms with van der Waals surface area (Å²) in [7, 11) is 0. The van der Waals surface area contributed by atoms with Gasteiger partial charge in [-0.25, -0.2) is 0 Å². The van der Waals surface area contributed by atoms with Crippen LogP contribution in [0.4, 0.5) is 0 Å². The predicted molar refractivity (Wildman–Crippen MR) is 63.7 cm³/mol. The molecule has 0 saturated carbocycles. The zero-order valence-corrected chi connectivity index (χ0v) is 9.70. The van der Waals surface area contributed by atoms with Crippen LogP contribution >= 0.6 is 11.8 Å². The second-order valence-corrected chi connectivity index (χ2v) is 4.63. The molecule has 0 bridgehead atoms. The lowest BCUT2D eigenvalue weighted by Gasteiger charge is -2.12. The molecule has 84 valence electrons. The molecule has 1 heterocycles. The normalized spacial score (nSPS) is 15.9. The van der Waals surface area contributed by atoms with Gasteiger partial charge in [0, 0.05) is 18.6 Å². The minimum atomic E-state index is -0.0365. The van der Waals surface area contributed by atoms with E-state index in [0.717, 1.165) is 5.75 Å². The van der Waals surface area contributed by atoms with Crippen LogP contribution in [0.3, 0.4) is 0 Å². The van der Waals surface area contributed by atoms with Crippen molar-refractivity contribution in [3.63, 3.8) is 0 Å². The van der Waals surface area contributed by atoms with E-state index in [1.54, 1.807) is 11.8 Å². The lowest BCUT2D eigenvalue weighted by molar-refractivity contribution is -0.137. The van der Waals surface area contributed by atoms with Crippen LogP contribution < -0.4 is 0 Å². The van der Waals surface area contributed by atoms with Gasteiger partial charge in [-0.15, -0.1) is 11.8 Å². The average Bonchev–Trinajstić information content (AvgIpc) is 2.62. The van der Waals surface area contributed by atoms with Crippen LogP contribution in [-0.2, 0) is 15.3 Å². The molecule has 1 fully saturated rings. The van der Waals surface area contributed by atoms with Crippen LogP contribution in [0.2, 0.25) is 0 Å². The Morgan fingerprint density at radius 2 is 1.69 bits per heavy atom. The van der Waals surface area contributed by atoms with Gasteiger partial charge in [0.15, 0.2) is 0 Å². The Morgan fingerprint density at radius 1 is 1.06 bits per heavy atom. The third-order valence-corrected chi connectivity index (χ3v) is 3.47. The van der Waals surface area contributed by atoms with Crippen LogP contribution in [0, 0.1) is 0 Å². The van der Waals surface area contributed by atoms with Gasteiger partial charge < -0.3 is 0 Å². The maximum absolute atomic E-state index is 11.3. The minimum absolute atomic E-state index is 0.0365. The molecule has 16 heavy (non-hydrogen) atoms. The molecule has 0 spiro atoms. The fourth-order valence-corrected chi connectivity index (χ4v) is 2.59. The molecule has 1 aromatic rings. The van der Waals surface area contributed by atoms with Crippen molar-refractivity contribution < 1.29 is 9.59 Å². The fourth-order valence-electron chi connectivity index (χ4n) is 1.60. The monoisotopic (exact) mass is 235 g/mol. The Labute approximate surface area is 98.8 Å². The minimum Gasteiger partial charge on any atom is -0.274 e. The van der Waals surface area contributed by atoms with Gasteiger partial charge in [0.2, 0.25) is 11.8 Å². The molecular formula is C12H13NO2S. The lowest BCUT2D eigenvalue weighted by atomic mass is 10.2. The van der Waals surface area contributed by atoms with Gasteiger partial charge in [-0.2, -0.15) is 0 Å². The van der Waals surface area contributed by atoms with E-state index in [1.165, 1.54) is 10.5 Å². The van der Waals surface area contributed by atoms with Crippen molar-refractivity contribution in [2.45, 2.75) is 18.6 Å². The molecule has 0 radical (unpaired) electrons. The number of carbonyl (C=O) groups is 2. The largest absolute Gasteiger partial charge is 0.274 e. The second kappa shape index (κ2) is 5.16. The van der Waals surface area contributed by atoms with Crippen LogP contribution in [0.1, 0.15) is 18.4 Å². The summed E-state index contributed by atoms with van der Waals surface area (Å²) in [5, 5.41) is 0. The van der Waals surface area contributed by atoms with Crippen LogP contribution in [0.25, 0.3) is 0 Å². The van der Waals surface area contributed by atoms with Crippen molar-refractivity contribution in [3.05, 3.63) is 35.9 Å². The van der Waals surface area contributed by atoms with Gasteiger partial charge in [-0.1, -0.05) is 30.3 Å². The van der Waals surface area contributed by atoms with Gasteiger partial charge in [0.25, 0.3) is 0 Å². The summed E-state index contributed by atoms with van der Waals surface area (Å²) >= 11 is 1.60. The van der Waals surface area contributed by atoms with Gasteiger partial charge in [0.05, 0.1) is 5.88 Å². The number of hydrogen-bond acceptors (Lipinski definition) is 3. The highest BCUT2D eigenvalue weighted by Gasteiger charge is 2.28. The fraction of sp³-hybridized carbons (Fsp3) is 0.333. The molecule has 1 aliphatic rings. The molecule has 0 unspecified atom stereocenters. The van der Waals surface area contributed by atoms with Gasteiger partial charge in [-0.05, 0) is 5.56 Å². The van der Waals surface area contributed by atoms with E-state index >= 15 is 0 Å². The van der Waals surface area contributed by atoms with Crippen molar-refractivity contribution in [2.24, 2.45) is 0 Å². The Kier molecular flexibility index (Phi) is 3.62. The van der Waals surface area contributed by atoms with E-state index in [0.29, 0.717) is 18.7 Å². The number of amides is 2. The number of thioether (sulfide) groups is 1.